The Kier molecular flexibility index (Phi) is 7.90. The molecule has 2 aromatic carbocycles. The van der Waals surface area contributed by atoms with Gasteiger partial charge in [-0.25, -0.2) is 4.79 Å². The van der Waals surface area contributed by atoms with Gasteiger partial charge in [0.2, 0.25) is 5.91 Å². The second-order valence-corrected chi connectivity index (χ2v) is 9.24. The van der Waals surface area contributed by atoms with E-state index in [2.05, 4.69) is 26.6 Å². The predicted molar refractivity (Wildman–Crippen MR) is 128 cm³/mol. The summed E-state index contributed by atoms with van der Waals surface area (Å²) in [7, 11) is 0. The topological polar surface area (TPSA) is 81.8 Å². The highest BCUT2D eigenvalue weighted by atomic mass is 79.9. The molecule has 1 saturated heterocycles. The second-order valence-electron chi connectivity index (χ2n) is 8.33. The molecule has 4 amide bonds. The lowest BCUT2D eigenvalue weighted by molar-refractivity contribution is -0.136. The number of benzene rings is 2. The highest BCUT2D eigenvalue weighted by molar-refractivity contribution is 9.10. The van der Waals surface area contributed by atoms with Crippen molar-refractivity contribution in [3.8, 4) is 0 Å². The third-order valence-corrected chi connectivity index (χ3v) is 6.02. The van der Waals surface area contributed by atoms with E-state index in [0.717, 1.165) is 4.47 Å². The molecule has 2 aromatic rings. The minimum Gasteiger partial charge on any atom is -0.337 e. The van der Waals surface area contributed by atoms with Crippen LogP contribution in [0, 0.1) is 5.92 Å². The number of piperazine rings is 1. The zero-order valence-electron chi connectivity index (χ0n) is 18.5. The fraction of sp³-hybridized carbons (Fsp3) is 0.375. The molecule has 0 aliphatic carbocycles. The summed E-state index contributed by atoms with van der Waals surface area (Å²) in [5.41, 5.74) is 1.28. The van der Waals surface area contributed by atoms with Crippen molar-refractivity contribution < 1.29 is 14.4 Å². The molecule has 1 heterocycles. The number of rotatable bonds is 5. The Morgan fingerprint density at radius 3 is 2.38 bits per heavy atom. The Balaban J connectivity index is 1.61. The van der Waals surface area contributed by atoms with E-state index in [0.29, 0.717) is 30.9 Å². The maximum atomic E-state index is 13.2. The number of carbonyl (C=O) groups excluding carboxylic acids is 3. The van der Waals surface area contributed by atoms with Crippen molar-refractivity contribution in [2.45, 2.75) is 32.9 Å². The second kappa shape index (κ2) is 10.6. The van der Waals surface area contributed by atoms with Gasteiger partial charge in [-0.15, -0.1) is 0 Å². The van der Waals surface area contributed by atoms with Gasteiger partial charge >= 0.3 is 6.03 Å². The third-order valence-electron chi connectivity index (χ3n) is 5.52. The molecule has 0 spiro atoms. The van der Waals surface area contributed by atoms with Gasteiger partial charge in [-0.1, -0.05) is 54.0 Å². The summed E-state index contributed by atoms with van der Waals surface area (Å²) in [5.74, 6) is -0.254. The van der Waals surface area contributed by atoms with E-state index in [1.54, 1.807) is 34.1 Å². The number of urea groups is 1. The lowest BCUT2D eigenvalue weighted by Crippen LogP contribution is -2.60. The number of hydrogen-bond acceptors (Lipinski definition) is 3. The largest absolute Gasteiger partial charge is 0.337 e. The first-order chi connectivity index (χ1) is 15.3. The highest BCUT2D eigenvalue weighted by Gasteiger charge is 2.34. The van der Waals surface area contributed by atoms with Gasteiger partial charge < -0.3 is 20.4 Å². The van der Waals surface area contributed by atoms with Gasteiger partial charge in [-0.2, -0.15) is 0 Å². The van der Waals surface area contributed by atoms with Crippen molar-refractivity contribution in [1.82, 2.24) is 15.1 Å². The van der Waals surface area contributed by atoms with Gasteiger partial charge in [0.15, 0.2) is 0 Å². The van der Waals surface area contributed by atoms with E-state index in [1.807, 2.05) is 51.1 Å². The fourth-order valence-electron chi connectivity index (χ4n) is 3.79. The predicted octanol–water partition coefficient (Wildman–Crippen LogP) is 3.97. The molecule has 8 heteroatoms. The Hall–Kier alpha value is -2.87. The summed E-state index contributed by atoms with van der Waals surface area (Å²) >= 11 is 3.38. The Morgan fingerprint density at radius 2 is 1.75 bits per heavy atom. The van der Waals surface area contributed by atoms with Crippen LogP contribution in [0.25, 0.3) is 0 Å². The van der Waals surface area contributed by atoms with Crippen LogP contribution in [-0.4, -0.2) is 59.4 Å². The standard InChI is InChI=1S/C24H29BrN4O3/c1-16(2)21(27-24(32)26-20-11-7-10-19(25)14-20)23(31)28-12-13-29(17(3)15-28)22(30)18-8-5-4-6-9-18/h4-11,14,16-17,21H,12-13,15H2,1-3H3,(H2,26,27,32). The highest BCUT2D eigenvalue weighted by Crippen LogP contribution is 2.18. The zero-order valence-corrected chi connectivity index (χ0v) is 20.1. The molecule has 2 N–H and O–H groups in total. The minimum atomic E-state index is -0.661. The Labute approximate surface area is 197 Å². The van der Waals surface area contributed by atoms with Gasteiger partial charge in [0.25, 0.3) is 5.91 Å². The Bertz CT molecular complexity index is 967. The molecular formula is C24H29BrN4O3. The lowest BCUT2D eigenvalue weighted by atomic mass is 10.0. The number of hydrogen-bond donors (Lipinski definition) is 2. The maximum absolute atomic E-state index is 13.2. The summed E-state index contributed by atoms with van der Waals surface area (Å²) in [5, 5.41) is 5.59. The molecule has 0 radical (unpaired) electrons. The average molecular weight is 501 g/mol. The van der Waals surface area contributed by atoms with E-state index in [9.17, 15) is 14.4 Å². The van der Waals surface area contributed by atoms with E-state index in [-0.39, 0.29) is 23.8 Å². The third kappa shape index (κ3) is 5.88. The van der Waals surface area contributed by atoms with Gasteiger partial charge in [0.05, 0.1) is 0 Å². The van der Waals surface area contributed by atoms with E-state index in [1.165, 1.54) is 0 Å². The lowest BCUT2D eigenvalue weighted by Gasteiger charge is -2.41. The average Bonchev–Trinajstić information content (AvgIpc) is 2.77. The summed E-state index contributed by atoms with van der Waals surface area (Å²) in [4.78, 5) is 42.1. The first kappa shape index (κ1) is 23.8. The molecule has 32 heavy (non-hydrogen) atoms. The van der Waals surface area contributed by atoms with Crippen LogP contribution in [0.15, 0.2) is 59.1 Å². The van der Waals surface area contributed by atoms with Crippen LogP contribution in [0.4, 0.5) is 10.5 Å². The number of carbonyl (C=O) groups is 3. The molecule has 2 unspecified atom stereocenters. The van der Waals surface area contributed by atoms with Crippen LogP contribution in [0.2, 0.25) is 0 Å². The Morgan fingerprint density at radius 1 is 1.03 bits per heavy atom. The number of amides is 4. The molecular weight excluding hydrogens is 472 g/mol. The van der Waals surface area contributed by atoms with E-state index < -0.39 is 12.1 Å². The summed E-state index contributed by atoms with van der Waals surface area (Å²) in [6.45, 7) is 7.06. The maximum Gasteiger partial charge on any atom is 0.319 e. The fourth-order valence-corrected chi connectivity index (χ4v) is 4.19. The van der Waals surface area contributed by atoms with Gasteiger partial charge in [0, 0.05) is 41.4 Å². The minimum absolute atomic E-state index is 0.0304. The van der Waals surface area contributed by atoms with Crippen molar-refractivity contribution in [3.63, 3.8) is 0 Å². The van der Waals surface area contributed by atoms with Crippen molar-refractivity contribution >= 4 is 39.5 Å². The van der Waals surface area contributed by atoms with Crippen LogP contribution in [-0.2, 0) is 4.79 Å². The molecule has 170 valence electrons. The molecule has 0 saturated carbocycles. The number of halogens is 1. The smallest absolute Gasteiger partial charge is 0.319 e. The first-order valence-corrected chi connectivity index (χ1v) is 11.5. The van der Waals surface area contributed by atoms with Crippen molar-refractivity contribution in [3.05, 3.63) is 64.6 Å². The van der Waals surface area contributed by atoms with Crippen LogP contribution in [0.5, 0.6) is 0 Å². The monoisotopic (exact) mass is 500 g/mol. The first-order valence-electron chi connectivity index (χ1n) is 10.7. The normalized spacial score (nSPS) is 17.1. The molecule has 2 atom stereocenters. The SMILES string of the molecule is CC(C)C(NC(=O)Nc1cccc(Br)c1)C(=O)N1CCN(C(=O)c2ccccc2)C(C)C1. The molecule has 0 bridgehead atoms. The number of anilines is 1. The van der Waals surface area contributed by atoms with Crippen LogP contribution in [0.3, 0.4) is 0 Å². The van der Waals surface area contributed by atoms with E-state index >= 15 is 0 Å². The quantitative estimate of drug-likeness (QED) is 0.651. The zero-order chi connectivity index (χ0) is 23.3. The molecule has 3 rings (SSSR count). The molecule has 7 nitrogen and oxygen atoms in total. The molecule has 1 aliphatic rings. The number of nitrogens with one attached hydrogen (secondary N) is 2. The van der Waals surface area contributed by atoms with Gasteiger partial charge in [0.1, 0.15) is 6.04 Å². The summed E-state index contributed by atoms with van der Waals surface area (Å²) < 4.78 is 0.851. The molecule has 0 aromatic heterocycles. The van der Waals surface area contributed by atoms with E-state index in [4.69, 9.17) is 0 Å². The molecule has 1 fully saturated rings. The summed E-state index contributed by atoms with van der Waals surface area (Å²) in [6.07, 6.45) is 0. The van der Waals surface area contributed by atoms with Crippen molar-refractivity contribution in [1.29, 1.82) is 0 Å². The van der Waals surface area contributed by atoms with Crippen molar-refractivity contribution in [2.24, 2.45) is 5.92 Å². The van der Waals surface area contributed by atoms with Crippen LogP contribution >= 0.6 is 15.9 Å². The van der Waals surface area contributed by atoms with Crippen LogP contribution in [0.1, 0.15) is 31.1 Å². The van der Waals surface area contributed by atoms with Gasteiger partial charge in [-0.3, -0.25) is 9.59 Å². The van der Waals surface area contributed by atoms with Crippen LogP contribution < -0.4 is 10.6 Å². The molecule has 1 aliphatic heterocycles. The number of nitrogens with zero attached hydrogens (tertiary/aromatic N) is 2. The van der Waals surface area contributed by atoms with Gasteiger partial charge in [-0.05, 0) is 43.2 Å². The summed E-state index contributed by atoms with van der Waals surface area (Å²) in [6, 6.07) is 15.2. The van der Waals surface area contributed by atoms with Crippen molar-refractivity contribution in [2.75, 3.05) is 25.0 Å².